The fourth-order valence-corrected chi connectivity index (χ4v) is 11.1. The van der Waals surface area contributed by atoms with Crippen LogP contribution in [-0.4, -0.2) is 44.5 Å². The molecule has 38 heavy (non-hydrogen) atoms. The topological polar surface area (TPSA) is 29.5 Å². The van der Waals surface area contributed by atoms with E-state index in [0.717, 1.165) is 16.0 Å². The highest BCUT2D eigenvalue weighted by Crippen LogP contribution is 2.42. The van der Waals surface area contributed by atoms with E-state index in [1.165, 1.54) is 0 Å². The van der Waals surface area contributed by atoms with Gasteiger partial charge in [-0.05, 0) is 47.0 Å². The van der Waals surface area contributed by atoms with Crippen LogP contribution < -0.4 is 0 Å². The van der Waals surface area contributed by atoms with Gasteiger partial charge in [-0.1, -0.05) is 114 Å². The lowest BCUT2D eigenvalue weighted by Gasteiger charge is -2.43. The number of benzene rings is 2. The molecule has 210 valence electrons. The second-order valence-corrected chi connectivity index (χ2v) is 16.3. The summed E-state index contributed by atoms with van der Waals surface area (Å²) in [5, 5.41) is 0. The number of halogens is 3. The van der Waals surface area contributed by atoms with Gasteiger partial charge in [0.25, 0.3) is 0 Å². The zero-order chi connectivity index (χ0) is 28.3. The highest BCUT2D eigenvalue weighted by molar-refractivity contribution is 6.77. The number of nitrogens with zero attached hydrogens (tertiary/aromatic N) is 1. The molecule has 0 radical (unpaired) electrons. The molecule has 0 aliphatic heterocycles. The van der Waals surface area contributed by atoms with E-state index in [9.17, 15) is 18.0 Å². The number of aryl methyl sites for hydroxylation is 1. The maximum Gasteiger partial charge on any atom is 0.471 e. The minimum Gasteiger partial charge on any atom is -0.414 e. The fourth-order valence-electron chi connectivity index (χ4n) is 5.69. The van der Waals surface area contributed by atoms with Crippen molar-refractivity contribution in [3.8, 4) is 0 Å². The minimum atomic E-state index is -4.96. The van der Waals surface area contributed by atoms with Crippen LogP contribution in [0.5, 0.6) is 0 Å². The molecule has 0 heterocycles. The summed E-state index contributed by atoms with van der Waals surface area (Å²) in [4.78, 5) is 13.7. The maximum atomic E-state index is 13.8. The Morgan fingerprint density at radius 1 is 0.868 bits per heavy atom. The van der Waals surface area contributed by atoms with Gasteiger partial charge in [0.05, 0.1) is 12.6 Å². The molecule has 3 nitrogen and oxygen atoms in total. The Bertz CT molecular complexity index is 969. The lowest BCUT2D eigenvalue weighted by atomic mass is 10.0. The Balaban J connectivity index is 2.33. The Morgan fingerprint density at radius 3 is 1.84 bits per heavy atom. The maximum absolute atomic E-state index is 13.8. The third kappa shape index (κ3) is 8.84. The molecule has 0 aliphatic rings. The molecule has 0 unspecified atom stereocenters. The summed E-state index contributed by atoms with van der Waals surface area (Å²) in [6.07, 6.45) is 0.207. The number of carbonyl (C=O) groups is 1. The van der Waals surface area contributed by atoms with E-state index in [2.05, 4.69) is 41.5 Å². The molecule has 0 fully saturated rings. The molecule has 7 heteroatoms. The molecule has 1 amide bonds. The number of allylic oxidation sites excluding steroid dienone is 1. The number of hydrogen-bond donors (Lipinski definition) is 0. The molecule has 0 bridgehead atoms. The van der Waals surface area contributed by atoms with Gasteiger partial charge in [0, 0.05) is 6.54 Å². The lowest BCUT2D eigenvalue weighted by molar-refractivity contribution is -0.187. The first kappa shape index (κ1) is 31.8. The van der Waals surface area contributed by atoms with Crippen molar-refractivity contribution in [1.29, 1.82) is 0 Å². The Kier molecular flexibility index (Phi) is 12.3. The first-order chi connectivity index (χ1) is 17.9. The lowest BCUT2D eigenvalue weighted by Crippen LogP contribution is -2.52. The molecule has 0 aliphatic carbocycles. The minimum absolute atomic E-state index is 0.0942. The van der Waals surface area contributed by atoms with Crippen LogP contribution in [0, 0.1) is 0 Å². The number of amides is 1. The standard InChI is InChI=1S/C31H44F3NO2Si/c1-24(2)38(25(3)4,26(5)6)37-23-22-35(30(36)31(32,33)34)29(21-20-28-16-11-8-12-17-28)19-13-18-27-14-9-7-10-15-27/h7-17,19,24-26,29H,18,20-23H2,1-6H3/b19-13+/t29-/m0/s1. The molecular formula is C31H44F3NO2Si. The average molecular weight is 548 g/mol. The van der Waals surface area contributed by atoms with E-state index in [0.29, 0.717) is 35.9 Å². The average Bonchev–Trinajstić information content (AvgIpc) is 2.86. The monoisotopic (exact) mass is 547 g/mol. The van der Waals surface area contributed by atoms with Crippen molar-refractivity contribution in [2.45, 2.75) is 89.6 Å². The summed E-state index contributed by atoms with van der Waals surface area (Å²) in [6.45, 7) is 12.8. The van der Waals surface area contributed by atoms with Gasteiger partial charge in [0.2, 0.25) is 0 Å². The third-order valence-corrected chi connectivity index (χ3v) is 13.5. The molecule has 2 aromatic carbocycles. The van der Waals surface area contributed by atoms with Gasteiger partial charge in [0.1, 0.15) is 0 Å². The number of hydrogen-bond acceptors (Lipinski definition) is 2. The van der Waals surface area contributed by atoms with E-state index < -0.39 is 26.4 Å². The van der Waals surface area contributed by atoms with Crippen LogP contribution in [0.4, 0.5) is 13.2 Å². The van der Waals surface area contributed by atoms with Crippen LogP contribution in [0.1, 0.15) is 59.1 Å². The zero-order valence-corrected chi connectivity index (χ0v) is 24.7. The number of rotatable bonds is 14. The van der Waals surface area contributed by atoms with E-state index in [4.69, 9.17) is 4.43 Å². The van der Waals surface area contributed by atoms with Crippen LogP contribution >= 0.6 is 0 Å². The molecule has 1 atom stereocenters. The SMILES string of the molecule is CC(C)[Si](OCCN(C(=O)C(F)(F)F)[C@@H](/C=C/Cc1ccccc1)CCc1ccccc1)(C(C)C)C(C)C. The summed E-state index contributed by atoms with van der Waals surface area (Å²) >= 11 is 0. The van der Waals surface area contributed by atoms with Crippen LogP contribution in [0.3, 0.4) is 0 Å². The van der Waals surface area contributed by atoms with Crippen molar-refractivity contribution < 1.29 is 22.4 Å². The van der Waals surface area contributed by atoms with Crippen molar-refractivity contribution in [3.05, 3.63) is 83.9 Å². The number of carbonyl (C=O) groups excluding carboxylic acids is 1. The van der Waals surface area contributed by atoms with E-state index in [1.54, 1.807) is 6.08 Å². The smallest absolute Gasteiger partial charge is 0.414 e. The van der Waals surface area contributed by atoms with Crippen LogP contribution in [0.2, 0.25) is 16.6 Å². The summed E-state index contributed by atoms with van der Waals surface area (Å²) in [5.41, 5.74) is 2.98. The van der Waals surface area contributed by atoms with Crippen molar-refractivity contribution in [1.82, 2.24) is 4.90 Å². The second kappa shape index (κ2) is 14.7. The quantitative estimate of drug-likeness (QED) is 0.176. The normalized spacial score (nSPS) is 13.6. The molecule has 2 rings (SSSR count). The third-order valence-electron chi connectivity index (χ3n) is 7.42. The predicted molar refractivity (Wildman–Crippen MR) is 153 cm³/mol. The van der Waals surface area contributed by atoms with Crippen LogP contribution in [0.15, 0.2) is 72.8 Å². The molecule has 2 aromatic rings. The van der Waals surface area contributed by atoms with Gasteiger partial charge in [-0.15, -0.1) is 0 Å². The molecule has 0 saturated heterocycles. The second-order valence-electron chi connectivity index (χ2n) is 10.9. The highest BCUT2D eigenvalue weighted by Gasteiger charge is 2.47. The van der Waals surface area contributed by atoms with Crippen molar-refractivity contribution in [2.24, 2.45) is 0 Å². The van der Waals surface area contributed by atoms with Gasteiger partial charge in [0.15, 0.2) is 8.32 Å². The van der Waals surface area contributed by atoms with E-state index >= 15 is 0 Å². The van der Waals surface area contributed by atoms with E-state index in [-0.39, 0.29) is 13.2 Å². The van der Waals surface area contributed by atoms with E-state index in [1.807, 2.05) is 66.7 Å². The zero-order valence-electron chi connectivity index (χ0n) is 23.7. The van der Waals surface area contributed by atoms with Gasteiger partial charge >= 0.3 is 12.1 Å². The molecule has 0 aromatic heterocycles. The van der Waals surface area contributed by atoms with Gasteiger partial charge in [-0.2, -0.15) is 13.2 Å². The Labute approximate surface area is 228 Å². The molecule has 0 spiro atoms. The summed E-state index contributed by atoms with van der Waals surface area (Å²) in [6, 6.07) is 18.7. The van der Waals surface area contributed by atoms with Gasteiger partial charge in [-0.25, -0.2) is 0 Å². The van der Waals surface area contributed by atoms with Crippen LogP contribution in [0.25, 0.3) is 0 Å². The molecular weight excluding hydrogens is 503 g/mol. The Morgan fingerprint density at radius 2 is 1.37 bits per heavy atom. The molecule has 0 N–H and O–H groups in total. The predicted octanol–water partition coefficient (Wildman–Crippen LogP) is 8.37. The van der Waals surface area contributed by atoms with Crippen molar-refractivity contribution >= 4 is 14.2 Å². The molecule has 0 saturated carbocycles. The van der Waals surface area contributed by atoms with Crippen LogP contribution in [-0.2, 0) is 22.1 Å². The Hall–Kier alpha value is -2.38. The highest BCUT2D eigenvalue weighted by atomic mass is 28.4. The fraction of sp³-hybridized carbons (Fsp3) is 0.516. The first-order valence-electron chi connectivity index (χ1n) is 13.7. The summed E-state index contributed by atoms with van der Waals surface area (Å²) in [5.74, 6) is -1.81. The largest absolute Gasteiger partial charge is 0.471 e. The van der Waals surface area contributed by atoms with Gasteiger partial charge in [-0.3, -0.25) is 4.79 Å². The number of alkyl halides is 3. The van der Waals surface area contributed by atoms with Gasteiger partial charge < -0.3 is 9.33 Å². The summed E-state index contributed by atoms with van der Waals surface area (Å²) in [7, 11) is -2.29. The first-order valence-corrected chi connectivity index (χ1v) is 15.8. The van der Waals surface area contributed by atoms with Crippen molar-refractivity contribution in [2.75, 3.05) is 13.2 Å². The van der Waals surface area contributed by atoms with Crippen molar-refractivity contribution in [3.63, 3.8) is 0 Å². The summed E-state index contributed by atoms with van der Waals surface area (Å²) < 4.78 is 48.0.